The molecule has 0 aliphatic carbocycles. The van der Waals surface area contributed by atoms with Gasteiger partial charge in [-0.2, -0.15) is 5.10 Å². The summed E-state index contributed by atoms with van der Waals surface area (Å²) in [5.41, 5.74) is 4.35. The molecule has 1 aliphatic heterocycles. The van der Waals surface area contributed by atoms with Crippen LogP contribution in [0.1, 0.15) is 23.7 Å². The van der Waals surface area contributed by atoms with Crippen molar-refractivity contribution in [2.75, 3.05) is 12.0 Å². The minimum absolute atomic E-state index is 0.215. The van der Waals surface area contributed by atoms with Gasteiger partial charge in [-0.3, -0.25) is 9.79 Å². The quantitative estimate of drug-likeness (QED) is 0.263. The molecule has 7 heteroatoms. The molecule has 0 N–H and O–H groups in total. The standard InChI is InChI=1S/C29H25N5O2/c1-20-26(19-30-23-14-16-25(36-3)17-15-23)28(34(32-20)24-12-8-5-9-13-24)33-21(2)31-27(29(33)35)18-22-10-6-4-7-11-22/h4-19H,1-3H3/b27-18+,30-19?. The highest BCUT2D eigenvalue weighted by Gasteiger charge is 2.34. The van der Waals surface area contributed by atoms with E-state index in [2.05, 4.69) is 9.98 Å². The maximum absolute atomic E-state index is 13.7. The van der Waals surface area contributed by atoms with Crippen molar-refractivity contribution >= 4 is 35.5 Å². The molecule has 178 valence electrons. The molecule has 1 aliphatic rings. The van der Waals surface area contributed by atoms with E-state index in [1.807, 2.05) is 98.8 Å². The van der Waals surface area contributed by atoms with Crippen molar-refractivity contribution in [2.24, 2.45) is 9.98 Å². The molecule has 7 nitrogen and oxygen atoms in total. The van der Waals surface area contributed by atoms with Gasteiger partial charge in [0.05, 0.1) is 29.7 Å². The largest absolute Gasteiger partial charge is 0.497 e. The number of rotatable bonds is 6. The van der Waals surface area contributed by atoms with Gasteiger partial charge in [-0.05, 0) is 61.9 Å². The summed E-state index contributed by atoms with van der Waals surface area (Å²) in [6.07, 6.45) is 3.55. The molecular formula is C29H25N5O2. The van der Waals surface area contributed by atoms with Gasteiger partial charge in [0.2, 0.25) is 0 Å². The third-order valence-corrected chi connectivity index (χ3v) is 5.84. The molecule has 0 unspecified atom stereocenters. The number of amidine groups is 1. The van der Waals surface area contributed by atoms with E-state index in [1.54, 1.807) is 29.0 Å². The van der Waals surface area contributed by atoms with Gasteiger partial charge in [0.25, 0.3) is 5.91 Å². The second-order valence-electron chi connectivity index (χ2n) is 8.27. The summed E-state index contributed by atoms with van der Waals surface area (Å²) in [5, 5.41) is 4.78. The fourth-order valence-corrected chi connectivity index (χ4v) is 4.03. The SMILES string of the molecule is COc1ccc(N=Cc2c(C)nn(-c3ccccc3)c2N2C(=O)/C(=C\c3ccccc3)N=C2C)cc1. The molecule has 0 bridgehead atoms. The van der Waals surface area contributed by atoms with Crippen LogP contribution in [0.2, 0.25) is 0 Å². The molecule has 0 saturated heterocycles. The van der Waals surface area contributed by atoms with Crippen LogP contribution in [0.3, 0.4) is 0 Å². The smallest absolute Gasteiger partial charge is 0.283 e. The van der Waals surface area contributed by atoms with E-state index < -0.39 is 0 Å². The number of para-hydroxylation sites is 1. The summed E-state index contributed by atoms with van der Waals surface area (Å²) >= 11 is 0. The number of hydrogen-bond donors (Lipinski definition) is 0. The molecule has 2 heterocycles. The molecule has 5 rings (SSSR count). The van der Waals surface area contributed by atoms with E-state index >= 15 is 0 Å². The van der Waals surface area contributed by atoms with Crippen LogP contribution in [0.15, 0.2) is 101 Å². The number of anilines is 1. The fraction of sp³-hybridized carbons (Fsp3) is 0.103. The number of nitrogens with zero attached hydrogens (tertiary/aromatic N) is 5. The van der Waals surface area contributed by atoms with Crippen LogP contribution in [0.25, 0.3) is 11.8 Å². The Kier molecular flexibility index (Phi) is 6.28. The van der Waals surface area contributed by atoms with Crippen LogP contribution in [0.4, 0.5) is 11.5 Å². The monoisotopic (exact) mass is 475 g/mol. The Morgan fingerprint density at radius 2 is 1.56 bits per heavy atom. The lowest BCUT2D eigenvalue weighted by molar-refractivity contribution is -0.113. The third kappa shape index (κ3) is 4.46. The summed E-state index contributed by atoms with van der Waals surface area (Å²) < 4.78 is 7.01. The minimum atomic E-state index is -0.215. The summed E-state index contributed by atoms with van der Waals surface area (Å²) in [5.74, 6) is 1.71. The number of aromatic nitrogens is 2. The van der Waals surface area contributed by atoms with Crippen LogP contribution in [-0.4, -0.2) is 34.8 Å². The van der Waals surface area contributed by atoms with Crippen LogP contribution >= 0.6 is 0 Å². The summed E-state index contributed by atoms with van der Waals surface area (Å²) in [4.78, 5) is 24.5. The molecule has 4 aromatic rings. The number of ether oxygens (including phenoxy) is 1. The van der Waals surface area contributed by atoms with E-state index in [9.17, 15) is 4.79 Å². The second kappa shape index (κ2) is 9.84. The van der Waals surface area contributed by atoms with E-state index in [1.165, 1.54) is 0 Å². The highest BCUT2D eigenvalue weighted by molar-refractivity contribution is 6.29. The molecule has 1 aromatic heterocycles. The first-order valence-corrected chi connectivity index (χ1v) is 11.5. The third-order valence-electron chi connectivity index (χ3n) is 5.84. The number of aliphatic imine (C=N–C) groups is 2. The fourth-order valence-electron chi connectivity index (χ4n) is 4.03. The predicted molar refractivity (Wildman–Crippen MR) is 144 cm³/mol. The second-order valence-corrected chi connectivity index (χ2v) is 8.27. The van der Waals surface area contributed by atoms with Gasteiger partial charge in [-0.15, -0.1) is 0 Å². The zero-order valence-corrected chi connectivity index (χ0v) is 20.3. The van der Waals surface area contributed by atoms with Gasteiger partial charge in [-0.1, -0.05) is 48.5 Å². The number of hydrogen-bond acceptors (Lipinski definition) is 5. The lowest BCUT2D eigenvalue weighted by Crippen LogP contribution is -2.33. The zero-order valence-electron chi connectivity index (χ0n) is 20.3. The van der Waals surface area contributed by atoms with E-state index in [0.29, 0.717) is 17.4 Å². The molecule has 0 fully saturated rings. The molecular weight excluding hydrogens is 450 g/mol. The van der Waals surface area contributed by atoms with E-state index in [0.717, 1.165) is 33.9 Å². The first-order valence-electron chi connectivity index (χ1n) is 11.5. The van der Waals surface area contributed by atoms with E-state index in [4.69, 9.17) is 9.84 Å². The normalized spacial score (nSPS) is 14.6. The molecule has 3 aromatic carbocycles. The summed E-state index contributed by atoms with van der Waals surface area (Å²) in [6, 6.07) is 26.9. The highest BCUT2D eigenvalue weighted by atomic mass is 16.5. The van der Waals surface area contributed by atoms with Gasteiger partial charge in [0, 0.05) is 6.21 Å². The maximum atomic E-state index is 13.7. The molecule has 0 saturated carbocycles. The molecule has 36 heavy (non-hydrogen) atoms. The topological polar surface area (TPSA) is 72.1 Å². The van der Waals surface area contributed by atoms with Crippen molar-refractivity contribution < 1.29 is 9.53 Å². The van der Waals surface area contributed by atoms with Gasteiger partial charge in [0.15, 0.2) is 5.82 Å². The first kappa shape index (κ1) is 23.0. The Hall–Kier alpha value is -4.78. The summed E-state index contributed by atoms with van der Waals surface area (Å²) in [6.45, 7) is 3.73. The van der Waals surface area contributed by atoms with Gasteiger partial charge in [-0.25, -0.2) is 14.6 Å². The molecule has 0 radical (unpaired) electrons. The Labute approximate surface area is 209 Å². The number of benzene rings is 3. The highest BCUT2D eigenvalue weighted by Crippen LogP contribution is 2.32. The van der Waals surface area contributed by atoms with Gasteiger partial charge < -0.3 is 4.74 Å². The number of amides is 1. The predicted octanol–water partition coefficient (Wildman–Crippen LogP) is 5.75. The lowest BCUT2D eigenvalue weighted by Gasteiger charge is -2.19. The van der Waals surface area contributed by atoms with Crippen molar-refractivity contribution in [3.63, 3.8) is 0 Å². The minimum Gasteiger partial charge on any atom is -0.497 e. The first-order chi connectivity index (χ1) is 17.5. The average molecular weight is 476 g/mol. The molecule has 1 amide bonds. The van der Waals surface area contributed by atoms with Gasteiger partial charge in [0.1, 0.15) is 17.3 Å². The Morgan fingerprint density at radius 3 is 2.22 bits per heavy atom. The maximum Gasteiger partial charge on any atom is 0.283 e. The number of methoxy groups -OCH3 is 1. The number of carbonyl (C=O) groups is 1. The Balaban J connectivity index is 1.61. The van der Waals surface area contributed by atoms with Crippen LogP contribution < -0.4 is 9.64 Å². The van der Waals surface area contributed by atoms with E-state index in [-0.39, 0.29) is 5.91 Å². The molecule has 0 atom stereocenters. The van der Waals surface area contributed by atoms with Crippen molar-refractivity contribution in [3.8, 4) is 11.4 Å². The van der Waals surface area contributed by atoms with Gasteiger partial charge >= 0.3 is 0 Å². The average Bonchev–Trinajstić information content (AvgIpc) is 3.38. The van der Waals surface area contributed by atoms with Crippen molar-refractivity contribution in [1.82, 2.24) is 9.78 Å². The summed E-state index contributed by atoms with van der Waals surface area (Å²) in [7, 11) is 1.63. The van der Waals surface area contributed by atoms with Crippen LogP contribution in [0.5, 0.6) is 5.75 Å². The lowest BCUT2D eigenvalue weighted by atomic mass is 10.2. The number of aryl methyl sites for hydroxylation is 1. The van der Waals surface area contributed by atoms with Crippen LogP contribution in [-0.2, 0) is 4.79 Å². The van der Waals surface area contributed by atoms with Crippen molar-refractivity contribution in [1.29, 1.82) is 0 Å². The number of carbonyl (C=O) groups excluding carboxylic acids is 1. The van der Waals surface area contributed by atoms with Crippen molar-refractivity contribution in [3.05, 3.63) is 107 Å². The van der Waals surface area contributed by atoms with Crippen LogP contribution in [0, 0.1) is 6.92 Å². The van der Waals surface area contributed by atoms with Crippen molar-refractivity contribution in [2.45, 2.75) is 13.8 Å². The Morgan fingerprint density at radius 1 is 0.889 bits per heavy atom. The Bertz CT molecular complexity index is 1480. The molecule has 0 spiro atoms. The zero-order chi connectivity index (χ0) is 25.1.